The average molecular weight is 771 g/mol. The number of phenols is 1. The van der Waals surface area contributed by atoms with Gasteiger partial charge in [0.15, 0.2) is 18.3 Å². The minimum atomic E-state index is -1.87. The number of benzene rings is 2. The van der Waals surface area contributed by atoms with Crippen molar-refractivity contribution >= 4 is 11.0 Å². The summed E-state index contributed by atoms with van der Waals surface area (Å²) < 4.78 is 44.7. The standard InChI is InChI=1S/C34H42O20/c1-11-20(37)26(43)31(54-33-29(46)24(41)21(38)17(9-35)52-33)34(49-11)48-10-18-22(39)25(42)28(45)32(53-18)50-13-5-3-12(4-6-13)30-27(44)23(40)19-15(36)7-14(47-2)8-16(19)51-30/h3-8,11,17-18,20-22,24-26,28-29,31-39,41-46H,9-10H2,1-2H3/t11-,17+,18+,20-,21+,22+,24-,25-,26+,28+,29+,31+,32+,33-,34+/m0/s1. The molecule has 4 heterocycles. The second-order valence-electron chi connectivity index (χ2n) is 13.1. The molecule has 2 aromatic carbocycles. The predicted octanol–water partition coefficient (Wildman–Crippen LogP) is -3.27. The van der Waals surface area contributed by atoms with Crippen molar-refractivity contribution in [2.75, 3.05) is 20.3 Å². The van der Waals surface area contributed by atoms with Gasteiger partial charge in [-0.05, 0) is 31.2 Å². The van der Waals surface area contributed by atoms with Gasteiger partial charge >= 0.3 is 0 Å². The van der Waals surface area contributed by atoms with Crippen LogP contribution in [-0.4, -0.2) is 169 Å². The molecule has 0 bridgehead atoms. The summed E-state index contributed by atoms with van der Waals surface area (Å²) in [6.45, 7) is 0.0481. The van der Waals surface area contributed by atoms with Crippen LogP contribution in [0.4, 0.5) is 0 Å². The van der Waals surface area contributed by atoms with Crippen molar-refractivity contribution < 1.29 is 93.7 Å². The summed E-state index contributed by atoms with van der Waals surface area (Å²) in [5.41, 5.74) is -0.741. The molecule has 3 fully saturated rings. The van der Waals surface area contributed by atoms with Gasteiger partial charge < -0.3 is 93.7 Å². The molecule has 20 heteroatoms. The zero-order valence-electron chi connectivity index (χ0n) is 28.6. The number of methoxy groups -OCH3 is 1. The molecule has 3 aliphatic heterocycles. The van der Waals surface area contributed by atoms with Gasteiger partial charge in [-0.1, -0.05) is 0 Å². The van der Waals surface area contributed by atoms with Gasteiger partial charge in [-0.2, -0.15) is 0 Å². The first-order valence-electron chi connectivity index (χ1n) is 16.8. The van der Waals surface area contributed by atoms with E-state index in [0.717, 1.165) is 0 Å². The first-order chi connectivity index (χ1) is 25.6. The molecule has 11 N–H and O–H groups in total. The summed E-state index contributed by atoms with van der Waals surface area (Å²) in [7, 11) is 1.35. The van der Waals surface area contributed by atoms with Crippen LogP contribution in [0.2, 0.25) is 0 Å². The van der Waals surface area contributed by atoms with Crippen LogP contribution in [0.3, 0.4) is 0 Å². The zero-order chi connectivity index (χ0) is 39.2. The van der Waals surface area contributed by atoms with Crippen molar-refractivity contribution in [1.29, 1.82) is 0 Å². The number of aliphatic hydroxyl groups is 9. The van der Waals surface area contributed by atoms with E-state index in [-0.39, 0.29) is 33.8 Å². The van der Waals surface area contributed by atoms with Crippen LogP contribution in [0.5, 0.6) is 23.0 Å². The second-order valence-corrected chi connectivity index (χ2v) is 13.1. The van der Waals surface area contributed by atoms with Crippen molar-refractivity contribution in [2.45, 2.75) is 99.0 Å². The molecule has 20 nitrogen and oxygen atoms in total. The lowest BCUT2D eigenvalue weighted by atomic mass is 9.97. The third-order valence-corrected chi connectivity index (χ3v) is 9.55. The van der Waals surface area contributed by atoms with E-state index in [1.165, 1.54) is 50.4 Å². The summed E-state index contributed by atoms with van der Waals surface area (Å²) in [4.78, 5) is 12.9. The number of phenolic OH excluding ortho intramolecular Hbond substituents is 1. The maximum atomic E-state index is 12.9. The van der Waals surface area contributed by atoms with Crippen molar-refractivity contribution in [3.8, 4) is 34.3 Å². The molecule has 3 saturated heterocycles. The third kappa shape index (κ3) is 7.59. The molecule has 15 atom stereocenters. The van der Waals surface area contributed by atoms with Crippen molar-refractivity contribution in [1.82, 2.24) is 0 Å². The lowest BCUT2D eigenvalue weighted by molar-refractivity contribution is -0.369. The minimum absolute atomic E-state index is 0.0579. The van der Waals surface area contributed by atoms with Gasteiger partial charge in [-0.3, -0.25) is 4.79 Å². The van der Waals surface area contributed by atoms with Crippen LogP contribution in [-0.2, 0) is 23.7 Å². The normalized spacial score (nSPS) is 37.3. The molecule has 54 heavy (non-hydrogen) atoms. The van der Waals surface area contributed by atoms with Crippen LogP contribution in [0, 0.1) is 0 Å². The number of aromatic hydroxyl groups is 2. The van der Waals surface area contributed by atoms with Crippen LogP contribution in [0.1, 0.15) is 6.92 Å². The SMILES string of the molecule is COc1cc(O)c2c(=O)c(O)c(-c3ccc(O[C@@H]4O[C@H](CO[C@@H]5O[C@@H](C)[C@H](O)[C@@H](O)[C@H]5O[C@@H]5O[C@H](CO)[C@@H](O)[C@H](O)[C@H]5O)[C@@H](O)[C@H](O)[C@H]4O)cc3)oc2c1. The molecule has 0 radical (unpaired) electrons. The fraction of sp³-hybridized carbons (Fsp3) is 0.559. The van der Waals surface area contributed by atoms with Crippen LogP contribution >= 0.6 is 0 Å². The molecule has 0 spiro atoms. The van der Waals surface area contributed by atoms with Crippen LogP contribution in [0.15, 0.2) is 45.6 Å². The van der Waals surface area contributed by atoms with E-state index in [4.69, 9.17) is 37.6 Å². The number of hydrogen-bond donors (Lipinski definition) is 11. The Morgan fingerprint density at radius 1 is 0.704 bits per heavy atom. The Hall–Kier alpha value is -3.71. The van der Waals surface area contributed by atoms with Gasteiger partial charge in [0, 0.05) is 17.7 Å². The quantitative estimate of drug-likeness (QED) is 0.0964. The van der Waals surface area contributed by atoms with E-state index in [1.54, 1.807) is 0 Å². The Morgan fingerprint density at radius 2 is 1.33 bits per heavy atom. The molecule has 0 amide bonds. The van der Waals surface area contributed by atoms with Gasteiger partial charge in [0.05, 0.1) is 26.4 Å². The van der Waals surface area contributed by atoms with E-state index in [2.05, 4.69) is 0 Å². The molecule has 3 aromatic rings. The largest absolute Gasteiger partial charge is 0.507 e. The molecule has 0 unspecified atom stereocenters. The summed E-state index contributed by atoms with van der Waals surface area (Å²) in [5, 5.41) is 114. The Morgan fingerprint density at radius 3 is 1.98 bits per heavy atom. The highest BCUT2D eigenvalue weighted by Gasteiger charge is 2.51. The van der Waals surface area contributed by atoms with E-state index in [0.29, 0.717) is 0 Å². The molecule has 6 rings (SSSR count). The minimum Gasteiger partial charge on any atom is -0.507 e. The van der Waals surface area contributed by atoms with Gasteiger partial charge in [0.1, 0.15) is 95.4 Å². The first-order valence-corrected chi connectivity index (χ1v) is 16.8. The van der Waals surface area contributed by atoms with Gasteiger partial charge in [-0.15, -0.1) is 0 Å². The number of fused-ring (bicyclic) bond motifs is 1. The lowest BCUT2D eigenvalue weighted by Gasteiger charge is -2.46. The van der Waals surface area contributed by atoms with Crippen LogP contribution in [0.25, 0.3) is 22.3 Å². The van der Waals surface area contributed by atoms with Crippen molar-refractivity contribution in [2.24, 2.45) is 0 Å². The smallest absolute Gasteiger partial charge is 0.238 e. The predicted molar refractivity (Wildman–Crippen MR) is 176 cm³/mol. The van der Waals surface area contributed by atoms with E-state index in [9.17, 15) is 61.0 Å². The Kier molecular flexibility index (Phi) is 12.0. The molecule has 3 aliphatic rings. The van der Waals surface area contributed by atoms with Gasteiger partial charge in [0.2, 0.25) is 17.5 Å². The third-order valence-electron chi connectivity index (χ3n) is 9.55. The number of aliphatic hydroxyl groups excluding tert-OH is 9. The van der Waals surface area contributed by atoms with Gasteiger partial charge in [-0.25, -0.2) is 0 Å². The fourth-order valence-corrected chi connectivity index (χ4v) is 6.35. The molecule has 1 aromatic heterocycles. The van der Waals surface area contributed by atoms with E-state index in [1.807, 2.05) is 0 Å². The maximum absolute atomic E-state index is 12.9. The molecule has 0 aliphatic carbocycles. The maximum Gasteiger partial charge on any atom is 0.238 e. The number of rotatable bonds is 10. The monoisotopic (exact) mass is 770 g/mol. The van der Waals surface area contributed by atoms with Crippen molar-refractivity contribution in [3.63, 3.8) is 0 Å². The highest BCUT2D eigenvalue weighted by molar-refractivity contribution is 5.88. The molecular weight excluding hydrogens is 728 g/mol. The number of ether oxygens (including phenoxy) is 7. The van der Waals surface area contributed by atoms with Crippen molar-refractivity contribution in [3.05, 3.63) is 46.6 Å². The second kappa shape index (κ2) is 16.2. The Balaban J connectivity index is 1.15. The summed E-state index contributed by atoms with van der Waals surface area (Å²) >= 11 is 0. The zero-order valence-corrected chi connectivity index (χ0v) is 28.6. The first kappa shape index (κ1) is 40.0. The summed E-state index contributed by atoms with van der Waals surface area (Å²) in [5.74, 6) is -1.21. The molecular formula is C34H42O20. The van der Waals surface area contributed by atoms with Crippen LogP contribution < -0.4 is 14.9 Å². The lowest BCUT2D eigenvalue weighted by Crippen LogP contribution is -2.64. The van der Waals surface area contributed by atoms with Gasteiger partial charge in [0.25, 0.3) is 0 Å². The highest BCUT2D eigenvalue weighted by Crippen LogP contribution is 2.37. The Labute approximate surface area is 305 Å². The Bertz CT molecular complexity index is 1800. The average Bonchev–Trinajstić information content (AvgIpc) is 3.16. The highest BCUT2D eigenvalue weighted by atomic mass is 16.8. The molecule has 0 saturated carbocycles. The summed E-state index contributed by atoms with van der Waals surface area (Å²) in [6.07, 6.45) is -24.3. The number of hydrogen-bond acceptors (Lipinski definition) is 20. The molecule has 298 valence electrons. The van der Waals surface area contributed by atoms with E-state index < -0.39 is 122 Å². The summed E-state index contributed by atoms with van der Waals surface area (Å²) in [6, 6.07) is 8.09. The topological polar surface area (TPSA) is 317 Å². The fourth-order valence-electron chi connectivity index (χ4n) is 6.35. The van der Waals surface area contributed by atoms with E-state index >= 15 is 0 Å².